The van der Waals surface area contributed by atoms with Crippen molar-refractivity contribution in [2.75, 3.05) is 6.54 Å². The van der Waals surface area contributed by atoms with Gasteiger partial charge in [0.25, 0.3) is 0 Å². The normalized spacial score (nSPS) is 29.0. The second kappa shape index (κ2) is 6.38. The van der Waals surface area contributed by atoms with E-state index in [1.54, 1.807) is 0 Å². The predicted molar refractivity (Wildman–Crippen MR) is 76.5 cm³/mol. The van der Waals surface area contributed by atoms with Crippen molar-refractivity contribution in [2.24, 2.45) is 11.1 Å². The predicted octanol–water partition coefficient (Wildman–Crippen LogP) is 3.76. The number of rotatable bonds is 2. The molecule has 2 rings (SSSR count). The Balaban J connectivity index is 2.15. The highest BCUT2D eigenvalue weighted by atomic mass is 16.3. The standard InChI is InChI=1S/C16H31NO/c17-14-15(10-6-2-1-3-7-11-15)16(18)12-8-4-5-9-13-16/h18H,1-14,17H2. The first-order valence-electron chi connectivity index (χ1n) is 8.15. The molecule has 0 bridgehead atoms. The highest BCUT2D eigenvalue weighted by molar-refractivity contribution is 5.00. The van der Waals surface area contributed by atoms with E-state index in [1.807, 2.05) is 0 Å². The Hall–Kier alpha value is -0.0800. The molecule has 0 radical (unpaired) electrons. The molecule has 0 unspecified atom stereocenters. The van der Waals surface area contributed by atoms with Crippen LogP contribution in [0.2, 0.25) is 0 Å². The van der Waals surface area contributed by atoms with Crippen LogP contribution in [0.25, 0.3) is 0 Å². The van der Waals surface area contributed by atoms with E-state index < -0.39 is 5.60 Å². The van der Waals surface area contributed by atoms with Crippen LogP contribution >= 0.6 is 0 Å². The van der Waals surface area contributed by atoms with Crippen LogP contribution in [0, 0.1) is 5.41 Å². The number of nitrogens with two attached hydrogens (primary N) is 1. The van der Waals surface area contributed by atoms with Crippen LogP contribution in [0.3, 0.4) is 0 Å². The van der Waals surface area contributed by atoms with Gasteiger partial charge in [-0.3, -0.25) is 0 Å². The molecule has 18 heavy (non-hydrogen) atoms. The Kier molecular flexibility index (Phi) is 5.08. The first-order valence-corrected chi connectivity index (χ1v) is 8.15. The Bertz CT molecular complexity index is 235. The van der Waals surface area contributed by atoms with Crippen LogP contribution in [0.15, 0.2) is 0 Å². The van der Waals surface area contributed by atoms with Crippen molar-refractivity contribution in [3.63, 3.8) is 0 Å². The van der Waals surface area contributed by atoms with Gasteiger partial charge in [0.15, 0.2) is 0 Å². The molecule has 0 spiro atoms. The fourth-order valence-corrected chi connectivity index (χ4v) is 4.29. The minimum Gasteiger partial charge on any atom is -0.389 e. The Morgan fingerprint density at radius 1 is 0.667 bits per heavy atom. The molecule has 0 aliphatic heterocycles. The molecule has 0 aromatic rings. The topological polar surface area (TPSA) is 46.2 Å². The van der Waals surface area contributed by atoms with Gasteiger partial charge in [-0.1, -0.05) is 57.8 Å². The molecule has 2 nitrogen and oxygen atoms in total. The average molecular weight is 253 g/mol. The van der Waals surface area contributed by atoms with E-state index in [-0.39, 0.29) is 5.41 Å². The Morgan fingerprint density at radius 2 is 1.06 bits per heavy atom. The van der Waals surface area contributed by atoms with Gasteiger partial charge in [-0.25, -0.2) is 0 Å². The zero-order chi connectivity index (χ0) is 12.9. The van der Waals surface area contributed by atoms with Crippen LogP contribution in [0.4, 0.5) is 0 Å². The lowest BCUT2D eigenvalue weighted by Crippen LogP contribution is -2.52. The van der Waals surface area contributed by atoms with Crippen LogP contribution in [0.1, 0.15) is 83.5 Å². The third-order valence-electron chi connectivity index (χ3n) is 5.62. The number of hydrogen-bond donors (Lipinski definition) is 2. The summed E-state index contributed by atoms with van der Waals surface area (Å²) in [6.07, 6.45) is 15.8. The van der Waals surface area contributed by atoms with Gasteiger partial charge in [-0.2, -0.15) is 0 Å². The summed E-state index contributed by atoms with van der Waals surface area (Å²) in [7, 11) is 0. The monoisotopic (exact) mass is 253 g/mol. The summed E-state index contributed by atoms with van der Waals surface area (Å²) in [5.41, 5.74) is 5.73. The molecule has 0 atom stereocenters. The highest BCUT2D eigenvalue weighted by Gasteiger charge is 2.48. The minimum absolute atomic E-state index is 0.0256. The lowest BCUT2D eigenvalue weighted by atomic mass is 9.62. The van der Waals surface area contributed by atoms with E-state index in [0.717, 1.165) is 25.7 Å². The zero-order valence-corrected chi connectivity index (χ0v) is 11.9. The highest BCUT2D eigenvalue weighted by Crippen LogP contribution is 2.48. The quantitative estimate of drug-likeness (QED) is 0.736. The molecule has 0 aromatic carbocycles. The summed E-state index contributed by atoms with van der Waals surface area (Å²) in [6, 6.07) is 0. The van der Waals surface area contributed by atoms with E-state index >= 15 is 0 Å². The van der Waals surface area contributed by atoms with Crippen LogP contribution in [-0.4, -0.2) is 17.3 Å². The third-order valence-corrected chi connectivity index (χ3v) is 5.62. The van der Waals surface area contributed by atoms with Crippen LogP contribution in [-0.2, 0) is 0 Å². The van der Waals surface area contributed by atoms with Gasteiger partial charge in [0.2, 0.25) is 0 Å². The molecule has 0 heterocycles. The average Bonchev–Trinajstić information content (AvgIpc) is 2.55. The van der Waals surface area contributed by atoms with E-state index in [4.69, 9.17) is 5.73 Å². The van der Waals surface area contributed by atoms with E-state index in [2.05, 4.69) is 0 Å². The maximum absolute atomic E-state index is 11.3. The van der Waals surface area contributed by atoms with Crippen molar-refractivity contribution in [3.8, 4) is 0 Å². The van der Waals surface area contributed by atoms with Crippen molar-refractivity contribution < 1.29 is 5.11 Å². The van der Waals surface area contributed by atoms with Gasteiger partial charge in [0, 0.05) is 12.0 Å². The lowest BCUT2D eigenvalue weighted by Gasteiger charge is -2.48. The molecular formula is C16H31NO. The summed E-state index contributed by atoms with van der Waals surface area (Å²) in [6.45, 7) is 0.684. The van der Waals surface area contributed by atoms with E-state index in [9.17, 15) is 5.11 Å². The molecule has 0 amide bonds. The van der Waals surface area contributed by atoms with Crippen molar-refractivity contribution >= 4 is 0 Å². The van der Waals surface area contributed by atoms with Gasteiger partial charge < -0.3 is 10.8 Å². The number of hydrogen-bond acceptors (Lipinski definition) is 2. The van der Waals surface area contributed by atoms with Gasteiger partial charge in [-0.15, -0.1) is 0 Å². The Morgan fingerprint density at radius 3 is 1.50 bits per heavy atom. The third kappa shape index (κ3) is 2.91. The SMILES string of the molecule is NCC1(C2(O)CCCCCC2)CCCCCCC1. The van der Waals surface area contributed by atoms with Gasteiger partial charge in [0.1, 0.15) is 0 Å². The molecule has 2 fully saturated rings. The Labute approximate surface area is 112 Å². The first kappa shape index (κ1) is 14.3. The minimum atomic E-state index is -0.463. The molecule has 2 aliphatic rings. The summed E-state index contributed by atoms with van der Waals surface area (Å²) in [5.74, 6) is 0. The molecular weight excluding hydrogens is 222 g/mol. The molecule has 3 N–H and O–H groups in total. The van der Waals surface area contributed by atoms with Crippen molar-refractivity contribution in [1.82, 2.24) is 0 Å². The zero-order valence-electron chi connectivity index (χ0n) is 11.9. The van der Waals surface area contributed by atoms with Crippen LogP contribution < -0.4 is 5.73 Å². The smallest absolute Gasteiger partial charge is 0.0715 e. The second-order valence-corrected chi connectivity index (χ2v) is 6.70. The maximum atomic E-state index is 11.3. The lowest BCUT2D eigenvalue weighted by molar-refractivity contribution is -0.104. The van der Waals surface area contributed by atoms with Gasteiger partial charge in [-0.05, 0) is 25.7 Å². The van der Waals surface area contributed by atoms with E-state index in [0.29, 0.717) is 6.54 Å². The van der Waals surface area contributed by atoms with Crippen molar-refractivity contribution in [3.05, 3.63) is 0 Å². The van der Waals surface area contributed by atoms with Gasteiger partial charge >= 0.3 is 0 Å². The second-order valence-electron chi connectivity index (χ2n) is 6.70. The van der Waals surface area contributed by atoms with E-state index in [1.165, 1.54) is 57.8 Å². The summed E-state index contributed by atoms with van der Waals surface area (Å²) in [4.78, 5) is 0. The fraction of sp³-hybridized carbons (Fsp3) is 1.00. The summed E-state index contributed by atoms with van der Waals surface area (Å²) in [5, 5.41) is 11.3. The van der Waals surface area contributed by atoms with Gasteiger partial charge in [0.05, 0.1) is 5.60 Å². The first-order chi connectivity index (χ1) is 8.72. The molecule has 0 saturated heterocycles. The summed E-state index contributed by atoms with van der Waals surface area (Å²) < 4.78 is 0. The molecule has 2 aliphatic carbocycles. The molecule has 0 aromatic heterocycles. The number of aliphatic hydroxyl groups is 1. The molecule has 2 saturated carbocycles. The molecule has 106 valence electrons. The fourth-order valence-electron chi connectivity index (χ4n) is 4.29. The van der Waals surface area contributed by atoms with Crippen molar-refractivity contribution in [1.29, 1.82) is 0 Å². The largest absolute Gasteiger partial charge is 0.389 e. The summed E-state index contributed by atoms with van der Waals surface area (Å²) >= 11 is 0. The molecule has 2 heteroatoms. The maximum Gasteiger partial charge on any atom is 0.0715 e. The van der Waals surface area contributed by atoms with Crippen LogP contribution in [0.5, 0.6) is 0 Å². The van der Waals surface area contributed by atoms with Crippen molar-refractivity contribution in [2.45, 2.75) is 89.1 Å².